The molecule has 0 radical (unpaired) electrons. The summed E-state index contributed by atoms with van der Waals surface area (Å²) in [4.78, 5) is 24.5. The molecule has 0 aromatic rings. The lowest BCUT2D eigenvalue weighted by Crippen LogP contribution is -2.48. The summed E-state index contributed by atoms with van der Waals surface area (Å²) in [6, 6.07) is 0.306. The lowest BCUT2D eigenvalue weighted by molar-refractivity contribution is -0.161. The Hall–Kier alpha value is -1.32. The van der Waals surface area contributed by atoms with Crippen LogP contribution in [0.1, 0.15) is 44.9 Å². The van der Waals surface area contributed by atoms with E-state index in [1.165, 1.54) is 19.3 Å². The molecule has 1 saturated heterocycles. The Kier molecular flexibility index (Phi) is 4.08. The second-order valence-electron chi connectivity index (χ2n) is 6.26. The van der Waals surface area contributed by atoms with Crippen molar-refractivity contribution in [1.29, 1.82) is 0 Å². The molecule has 0 aromatic heterocycles. The van der Waals surface area contributed by atoms with Gasteiger partial charge in [-0.1, -0.05) is 31.4 Å². The number of fused-ring (bicyclic) bond motifs is 1. The van der Waals surface area contributed by atoms with Gasteiger partial charge in [-0.15, -0.1) is 0 Å². The van der Waals surface area contributed by atoms with Gasteiger partial charge in [0.15, 0.2) is 0 Å². The van der Waals surface area contributed by atoms with Crippen LogP contribution in [0.15, 0.2) is 12.2 Å². The number of rotatable bonds is 2. The van der Waals surface area contributed by atoms with E-state index in [9.17, 15) is 9.59 Å². The van der Waals surface area contributed by atoms with Crippen LogP contribution < -0.4 is 5.32 Å². The van der Waals surface area contributed by atoms with Gasteiger partial charge in [0.2, 0.25) is 5.91 Å². The van der Waals surface area contributed by atoms with Gasteiger partial charge < -0.3 is 10.1 Å². The lowest BCUT2D eigenvalue weighted by Gasteiger charge is -2.36. The first kappa shape index (κ1) is 13.7. The molecule has 0 unspecified atom stereocenters. The molecule has 1 amide bonds. The zero-order chi connectivity index (χ0) is 13.9. The standard InChI is InChI=1S/C16H23NO3/c18-15(17-12-6-2-1-3-7-12)13-8-4-5-11-9-10-20-16(19)14(11)13/h4-5,11-14H,1-3,6-10H2,(H,17,18)/t11-,13-,14+/m1/s1. The van der Waals surface area contributed by atoms with E-state index in [1.807, 2.05) is 0 Å². The number of nitrogens with one attached hydrogen (secondary N) is 1. The van der Waals surface area contributed by atoms with E-state index in [0.29, 0.717) is 19.1 Å². The van der Waals surface area contributed by atoms with Gasteiger partial charge in [0.25, 0.3) is 0 Å². The molecule has 1 saturated carbocycles. The average molecular weight is 277 g/mol. The maximum absolute atomic E-state index is 12.5. The lowest BCUT2D eigenvalue weighted by atomic mass is 9.73. The number of hydrogen-bond acceptors (Lipinski definition) is 3. The van der Waals surface area contributed by atoms with Gasteiger partial charge >= 0.3 is 5.97 Å². The molecule has 3 rings (SSSR count). The van der Waals surface area contributed by atoms with Crippen molar-refractivity contribution < 1.29 is 14.3 Å². The number of ether oxygens (including phenoxy) is 1. The van der Waals surface area contributed by atoms with E-state index in [2.05, 4.69) is 17.5 Å². The Bertz CT molecular complexity index is 412. The maximum atomic E-state index is 12.5. The van der Waals surface area contributed by atoms with Crippen molar-refractivity contribution in [2.75, 3.05) is 6.61 Å². The predicted octanol–water partition coefficient (Wildman–Crippen LogP) is 2.19. The minimum Gasteiger partial charge on any atom is -0.465 e. The monoisotopic (exact) mass is 277 g/mol. The molecule has 0 spiro atoms. The Balaban J connectivity index is 1.66. The number of allylic oxidation sites excluding steroid dienone is 2. The van der Waals surface area contributed by atoms with Crippen LogP contribution in [0.5, 0.6) is 0 Å². The van der Waals surface area contributed by atoms with Crippen molar-refractivity contribution in [3.05, 3.63) is 12.2 Å². The van der Waals surface area contributed by atoms with Crippen LogP contribution in [0.4, 0.5) is 0 Å². The molecule has 3 atom stereocenters. The van der Waals surface area contributed by atoms with Gasteiger partial charge in [-0.25, -0.2) is 0 Å². The summed E-state index contributed by atoms with van der Waals surface area (Å²) in [5.41, 5.74) is 0. The molecular weight excluding hydrogens is 254 g/mol. The van der Waals surface area contributed by atoms with E-state index in [0.717, 1.165) is 19.3 Å². The summed E-state index contributed by atoms with van der Waals surface area (Å²) in [6.07, 6.45) is 11.5. The van der Waals surface area contributed by atoms with Gasteiger partial charge in [-0.3, -0.25) is 9.59 Å². The van der Waals surface area contributed by atoms with Gasteiger partial charge in [-0.2, -0.15) is 0 Å². The normalized spacial score (nSPS) is 34.2. The highest BCUT2D eigenvalue weighted by Gasteiger charge is 2.43. The molecule has 3 aliphatic rings. The first-order chi connectivity index (χ1) is 9.75. The quantitative estimate of drug-likeness (QED) is 0.622. The van der Waals surface area contributed by atoms with E-state index in [-0.39, 0.29) is 29.6 Å². The van der Waals surface area contributed by atoms with Crippen LogP contribution in [0.3, 0.4) is 0 Å². The molecular formula is C16H23NO3. The Morgan fingerprint density at radius 3 is 2.80 bits per heavy atom. The number of cyclic esters (lactones) is 1. The summed E-state index contributed by atoms with van der Waals surface area (Å²) < 4.78 is 5.16. The number of carbonyl (C=O) groups is 2. The highest BCUT2D eigenvalue weighted by molar-refractivity contribution is 5.86. The third-order valence-electron chi connectivity index (χ3n) is 4.92. The molecule has 1 N–H and O–H groups in total. The zero-order valence-electron chi connectivity index (χ0n) is 11.8. The van der Waals surface area contributed by atoms with Crippen molar-refractivity contribution in [3.8, 4) is 0 Å². The first-order valence-corrected chi connectivity index (χ1v) is 7.89. The minimum atomic E-state index is -0.266. The van der Waals surface area contributed by atoms with Crippen LogP contribution in [-0.4, -0.2) is 24.5 Å². The van der Waals surface area contributed by atoms with Gasteiger partial charge in [0, 0.05) is 6.04 Å². The molecule has 1 heterocycles. The highest BCUT2D eigenvalue weighted by atomic mass is 16.5. The molecule has 2 aliphatic carbocycles. The smallest absolute Gasteiger partial charge is 0.310 e. The topological polar surface area (TPSA) is 55.4 Å². The van der Waals surface area contributed by atoms with Crippen LogP contribution >= 0.6 is 0 Å². The van der Waals surface area contributed by atoms with Crippen molar-refractivity contribution in [1.82, 2.24) is 5.32 Å². The third-order valence-corrected chi connectivity index (χ3v) is 4.92. The summed E-state index contributed by atoms with van der Waals surface area (Å²) >= 11 is 0. The van der Waals surface area contributed by atoms with E-state index in [1.54, 1.807) is 0 Å². The van der Waals surface area contributed by atoms with E-state index < -0.39 is 0 Å². The summed E-state index contributed by atoms with van der Waals surface area (Å²) in [5, 5.41) is 3.16. The Morgan fingerprint density at radius 1 is 1.20 bits per heavy atom. The van der Waals surface area contributed by atoms with Gasteiger partial charge in [-0.05, 0) is 31.6 Å². The largest absolute Gasteiger partial charge is 0.465 e. The molecule has 2 fully saturated rings. The Morgan fingerprint density at radius 2 is 2.00 bits per heavy atom. The van der Waals surface area contributed by atoms with Crippen LogP contribution in [0.25, 0.3) is 0 Å². The third kappa shape index (κ3) is 2.74. The summed E-state index contributed by atoms with van der Waals surface area (Å²) in [5.74, 6) is -0.450. The van der Waals surface area contributed by atoms with Crippen molar-refractivity contribution in [3.63, 3.8) is 0 Å². The van der Waals surface area contributed by atoms with E-state index in [4.69, 9.17) is 4.74 Å². The van der Waals surface area contributed by atoms with Crippen LogP contribution in [-0.2, 0) is 14.3 Å². The Labute approximate surface area is 119 Å². The second-order valence-corrected chi connectivity index (χ2v) is 6.26. The number of esters is 1. The van der Waals surface area contributed by atoms with Crippen LogP contribution in [0, 0.1) is 17.8 Å². The second kappa shape index (κ2) is 5.98. The fraction of sp³-hybridized carbons (Fsp3) is 0.750. The van der Waals surface area contributed by atoms with Crippen LogP contribution in [0.2, 0.25) is 0 Å². The number of carbonyl (C=O) groups excluding carboxylic acids is 2. The summed E-state index contributed by atoms with van der Waals surface area (Å²) in [7, 11) is 0. The van der Waals surface area contributed by atoms with Crippen molar-refractivity contribution in [2.45, 2.75) is 51.0 Å². The number of hydrogen-bond donors (Lipinski definition) is 1. The fourth-order valence-corrected chi connectivity index (χ4v) is 3.80. The highest BCUT2D eigenvalue weighted by Crippen LogP contribution is 2.36. The molecule has 4 heteroatoms. The molecule has 0 aromatic carbocycles. The molecule has 0 bridgehead atoms. The molecule has 110 valence electrons. The minimum absolute atomic E-state index is 0.0510. The SMILES string of the molecule is O=C1OCC[C@H]2C=CC[C@@H](C(=O)NC3CCCCC3)[C@@H]12. The predicted molar refractivity (Wildman–Crippen MR) is 74.8 cm³/mol. The summed E-state index contributed by atoms with van der Waals surface area (Å²) in [6.45, 7) is 0.487. The first-order valence-electron chi connectivity index (χ1n) is 7.89. The van der Waals surface area contributed by atoms with Gasteiger partial charge in [0.05, 0.1) is 18.4 Å². The molecule has 1 aliphatic heterocycles. The number of amides is 1. The fourth-order valence-electron chi connectivity index (χ4n) is 3.80. The molecule has 20 heavy (non-hydrogen) atoms. The van der Waals surface area contributed by atoms with Crippen molar-refractivity contribution >= 4 is 11.9 Å². The average Bonchev–Trinajstić information content (AvgIpc) is 2.48. The van der Waals surface area contributed by atoms with Crippen molar-refractivity contribution in [2.24, 2.45) is 17.8 Å². The molecule has 4 nitrogen and oxygen atoms in total. The van der Waals surface area contributed by atoms with E-state index >= 15 is 0 Å². The zero-order valence-corrected chi connectivity index (χ0v) is 11.8. The maximum Gasteiger partial charge on any atom is 0.310 e. The van der Waals surface area contributed by atoms with Gasteiger partial charge in [0.1, 0.15) is 0 Å².